The second kappa shape index (κ2) is 7.42. The van der Waals surface area contributed by atoms with Crippen LogP contribution >= 0.6 is 11.3 Å². The zero-order valence-electron chi connectivity index (χ0n) is 13.6. The van der Waals surface area contributed by atoms with Gasteiger partial charge < -0.3 is 4.98 Å². The average molecular weight is 354 g/mol. The lowest BCUT2D eigenvalue weighted by molar-refractivity contribution is 0.580. The van der Waals surface area contributed by atoms with Gasteiger partial charge in [0.15, 0.2) is 0 Å². The van der Waals surface area contributed by atoms with E-state index in [2.05, 4.69) is 9.71 Å². The summed E-state index contributed by atoms with van der Waals surface area (Å²) in [5.74, 6) is 0. The highest BCUT2D eigenvalue weighted by Crippen LogP contribution is 2.32. The Kier molecular flexibility index (Phi) is 5.78. The number of aromatic amines is 1. The molecule has 0 atom stereocenters. The number of H-pyrrole nitrogens is 1. The van der Waals surface area contributed by atoms with Crippen LogP contribution in [0.25, 0.3) is 10.4 Å². The van der Waals surface area contributed by atoms with E-state index >= 15 is 0 Å². The zero-order valence-corrected chi connectivity index (χ0v) is 15.2. The van der Waals surface area contributed by atoms with Crippen LogP contribution < -0.4 is 10.3 Å². The summed E-state index contributed by atoms with van der Waals surface area (Å²) in [6.07, 6.45) is 2.39. The Hall–Kier alpha value is -1.44. The summed E-state index contributed by atoms with van der Waals surface area (Å²) in [4.78, 5) is 15.5. The molecule has 2 rings (SSSR count). The molecule has 2 aromatic rings. The summed E-state index contributed by atoms with van der Waals surface area (Å²) >= 11 is 1.22. The van der Waals surface area contributed by atoms with Crippen molar-refractivity contribution in [1.82, 2.24) is 9.71 Å². The van der Waals surface area contributed by atoms with Gasteiger partial charge in [-0.3, -0.25) is 4.79 Å². The maximum Gasteiger partial charge on any atom is 0.251 e. The highest BCUT2D eigenvalue weighted by Gasteiger charge is 2.18. The number of unbranched alkanes of at least 4 members (excludes halogenated alkanes) is 1. The third kappa shape index (κ3) is 4.10. The summed E-state index contributed by atoms with van der Waals surface area (Å²) < 4.78 is 27.4. The third-order valence-corrected chi connectivity index (χ3v) is 6.70. The monoisotopic (exact) mass is 354 g/mol. The molecule has 2 aromatic heterocycles. The molecular weight excluding hydrogens is 332 g/mol. The van der Waals surface area contributed by atoms with Gasteiger partial charge in [-0.2, -0.15) is 0 Å². The molecule has 126 valence electrons. The van der Waals surface area contributed by atoms with Gasteiger partial charge in [0.1, 0.15) is 4.21 Å². The number of thiophene rings is 1. The van der Waals surface area contributed by atoms with Crippen LogP contribution in [0, 0.1) is 6.92 Å². The second-order valence-corrected chi connectivity index (χ2v) is 8.46. The fourth-order valence-corrected chi connectivity index (χ4v) is 4.75. The minimum absolute atomic E-state index is 0.0839. The molecule has 7 heteroatoms. The Morgan fingerprint density at radius 2 is 2.00 bits per heavy atom. The van der Waals surface area contributed by atoms with Crippen LogP contribution in [0.5, 0.6) is 0 Å². The van der Waals surface area contributed by atoms with Crippen molar-refractivity contribution in [2.75, 3.05) is 6.54 Å². The molecule has 0 aliphatic heterocycles. The Bertz CT molecular complexity index is 835. The van der Waals surface area contributed by atoms with Gasteiger partial charge >= 0.3 is 0 Å². The van der Waals surface area contributed by atoms with Crippen molar-refractivity contribution in [2.24, 2.45) is 0 Å². The SMILES string of the molecule is CCCCNS(=O)(=O)c1ccc(-c2cc(CC)c(=O)[nH]c2C)s1. The Balaban J connectivity index is 2.34. The molecule has 0 fully saturated rings. The molecule has 0 unspecified atom stereocenters. The first-order chi connectivity index (χ1) is 10.9. The van der Waals surface area contributed by atoms with Gasteiger partial charge in [-0.15, -0.1) is 11.3 Å². The van der Waals surface area contributed by atoms with Crippen LogP contribution in [0.4, 0.5) is 0 Å². The zero-order chi connectivity index (χ0) is 17.0. The molecule has 2 heterocycles. The van der Waals surface area contributed by atoms with Crippen LogP contribution in [0.2, 0.25) is 0 Å². The molecule has 0 bridgehead atoms. The van der Waals surface area contributed by atoms with Crippen LogP contribution in [0.3, 0.4) is 0 Å². The number of nitrogens with one attached hydrogen (secondary N) is 2. The molecule has 23 heavy (non-hydrogen) atoms. The number of hydrogen-bond acceptors (Lipinski definition) is 4. The number of hydrogen-bond donors (Lipinski definition) is 2. The Morgan fingerprint density at radius 1 is 1.26 bits per heavy atom. The minimum atomic E-state index is -3.46. The van der Waals surface area contributed by atoms with Crippen molar-refractivity contribution in [3.63, 3.8) is 0 Å². The lowest BCUT2D eigenvalue weighted by Crippen LogP contribution is -2.23. The van der Waals surface area contributed by atoms with Gasteiger partial charge in [-0.25, -0.2) is 13.1 Å². The van der Waals surface area contributed by atoms with Crippen molar-refractivity contribution in [1.29, 1.82) is 0 Å². The Morgan fingerprint density at radius 3 is 2.65 bits per heavy atom. The van der Waals surface area contributed by atoms with Crippen molar-refractivity contribution in [2.45, 2.75) is 44.2 Å². The van der Waals surface area contributed by atoms with Gasteiger partial charge in [-0.1, -0.05) is 20.3 Å². The first-order valence-electron chi connectivity index (χ1n) is 7.71. The lowest BCUT2D eigenvalue weighted by Gasteiger charge is -2.06. The second-order valence-electron chi connectivity index (χ2n) is 5.39. The number of rotatable bonds is 7. The van der Waals surface area contributed by atoms with Crippen molar-refractivity contribution in [3.8, 4) is 10.4 Å². The average Bonchev–Trinajstić information content (AvgIpc) is 2.98. The van der Waals surface area contributed by atoms with Gasteiger partial charge in [0, 0.05) is 28.2 Å². The molecule has 0 spiro atoms. The van der Waals surface area contributed by atoms with E-state index in [9.17, 15) is 13.2 Å². The van der Waals surface area contributed by atoms with Gasteiger partial charge in [0.25, 0.3) is 5.56 Å². The van der Waals surface area contributed by atoms with E-state index in [1.165, 1.54) is 11.3 Å². The van der Waals surface area contributed by atoms with Crippen LogP contribution in [0.15, 0.2) is 27.2 Å². The molecule has 0 saturated carbocycles. The summed E-state index contributed by atoms with van der Waals surface area (Å²) in [6, 6.07) is 5.25. The molecular formula is C16H22N2O3S2. The molecule has 0 radical (unpaired) electrons. The maximum absolute atomic E-state index is 12.3. The summed E-state index contributed by atoms with van der Waals surface area (Å²) in [6.45, 7) is 6.21. The molecule has 0 aliphatic rings. The number of sulfonamides is 1. The van der Waals surface area contributed by atoms with E-state index in [0.717, 1.165) is 29.0 Å². The van der Waals surface area contributed by atoms with Gasteiger partial charge in [-0.05, 0) is 38.0 Å². The van der Waals surface area contributed by atoms with Gasteiger partial charge in [0.05, 0.1) is 0 Å². The number of pyridine rings is 1. The molecule has 0 aromatic carbocycles. The van der Waals surface area contributed by atoms with E-state index in [-0.39, 0.29) is 5.56 Å². The quantitative estimate of drug-likeness (QED) is 0.750. The molecule has 0 aliphatic carbocycles. The van der Waals surface area contributed by atoms with Crippen molar-refractivity contribution >= 4 is 21.4 Å². The van der Waals surface area contributed by atoms with Gasteiger partial charge in [0.2, 0.25) is 10.0 Å². The number of aromatic nitrogens is 1. The third-order valence-electron chi connectivity index (χ3n) is 3.63. The van der Waals surface area contributed by atoms with E-state index < -0.39 is 10.0 Å². The lowest BCUT2D eigenvalue weighted by atomic mass is 10.1. The van der Waals surface area contributed by atoms with E-state index in [0.29, 0.717) is 22.7 Å². The largest absolute Gasteiger partial charge is 0.326 e. The highest BCUT2D eigenvalue weighted by atomic mass is 32.2. The number of aryl methyl sites for hydroxylation is 2. The fourth-order valence-electron chi connectivity index (χ4n) is 2.25. The standard InChI is InChI=1S/C16H22N2O3S2/c1-4-6-9-17-23(20,21)15-8-7-14(22-15)13-10-12(5-2)16(19)18-11(13)3/h7-8,10,17H,4-6,9H2,1-3H3,(H,18,19). The summed E-state index contributed by atoms with van der Waals surface area (Å²) in [7, 11) is -3.46. The minimum Gasteiger partial charge on any atom is -0.326 e. The van der Waals surface area contributed by atoms with E-state index in [4.69, 9.17) is 0 Å². The Labute approximate surface area is 140 Å². The van der Waals surface area contributed by atoms with Crippen LogP contribution in [-0.4, -0.2) is 19.9 Å². The van der Waals surface area contributed by atoms with Crippen LogP contribution in [0.1, 0.15) is 37.9 Å². The van der Waals surface area contributed by atoms with Crippen molar-refractivity contribution in [3.05, 3.63) is 39.8 Å². The normalized spacial score (nSPS) is 11.8. The fraction of sp³-hybridized carbons (Fsp3) is 0.438. The topological polar surface area (TPSA) is 79.0 Å². The van der Waals surface area contributed by atoms with Crippen LogP contribution in [-0.2, 0) is 16.4 Å². The smallest absolute Gasteiger partial charge is 0.251 e. The van der Waals surface area contributed by atoms with E-state index in [1.54, 1.807) is 12.1 Å². The van der Waals surface area contributed by atoms with Crippen molar-refractivity contribution < 1.29 is 8.42 Å². The molecule has 0 saturated heterocycles. The summed E-state index contributed by atoms with van der Waals surface area (Å²) in [5.41, 5.74) is 2.24. The molecule has 5 nitrogen and oxygen atoms in total. The maximum atomic E-state index is 12.3. The van der Waals surface area contributed by atoms with E-state index in [1.807, 2.05) is 26.8 Å². The first kappa shape index (κ1) is 17.9. The summed E-state index contributed by atoms with van der Waals surface area (Å²) in [5, 5.41) is 0. The highest BCUT2D eigenvalue weighted by molar-refractivity contribution is 7.91. The molecule has 2 N–H and O–H groups in total. The molecule has 0 amide bonds. The predicted octanol–water partition coefficient (Wildman–Crippen LogP) is 3.05. The first-order valence-corrected chi connectivity index (χ1v) is 10.0. The predicted molar refractivity (Wildman–Crippen MR) is 94.6 cm³/mol.